The number of aromatic amines is 1. The smallest absolute Gasteiger partial charge is 0.297 e. The van der Waals surface area contributed by atoms with E-state index in [-0.39, 0.29) is 16.1 Å². The highest BCUT2D eigenvalue weighted by Crippen LogP contribution is 2.52. The molecule has 0 bridgehead atoms. The number of aromatic nitrogens is 2. The summed E-state index contributed by atoms with van der Waals surface area (Å²) in [5, 5.41) is 0.140. The Morgan fingerprint density at radius 2 is 2.06 bits per heavy atom. The predicted molar refractivity (Wildman–Crippen MR) is 63.0 cm³/mol. The molecule has 1 aliphatic rings. The van der Waals surface area contributed by atoms with Crippen LogP contribution < -0.4 is 11.2 Å². The van der Waals surface area contributed by atoms with Gasteiger partial charge in [-0.3, -0.25) is 14.3 Å². The summed E-state index contributed by atoms with van der Waals surface area (Å²) in [6.45, 7) is 6.38. The average molecular weight is 243 g/mol. The maximum absolute atomic E-state index is 11.8. The van der Waals surface area contributed by atoms with E-state index in [1.54, 1.807) is 6.92 Å². The molecule has 88 valence electrons. The molecule has 1 saturated carbocycles. The SMILES string of the molecule is Cc1c(Cl)[nH]c(=O)n(CC2CC2(C)C)c1=O. The molecule has 0 aromatic carbocycles. The van der Waals surface area contributed by atoms with Gasteiger partial charge in [-0.15, -0.1) is 0 Å². The van der Waals surface area contributed by atoms with Gasteiger partial charge in [-0.25, -0.2) is 4.79 Å². The molecule has 1 heterocycles. The molecule has 1 aliphatic carbocycles. The van der Waals surface area contributed by atoms with Crippen LogP contribution in [0.1, 0.15) is 25.8 Å². The first-order chi connectivity index (χ1) is 7.33. The van der Waals surface area contributed by atoms with E-state index in [2.05, 4.69) is 18.8 Å². The molecule has 2 rings (SSSR count). The summed E-state index contributed by atoms with van der Waals surface area (Å²) in [7, 11) is 0. The number of nitrogens with one attached hydrogen (secondary N) is 1. The second kappa shape index (κ2) is 3.48. The molecule has 0 radical (unpaired) electrons. The first kappa shape index (κ1) is 11.5. The average Bonchev–Trinajstić information content (AvgIpc) is 2.78. The molecule has 1 aromatic rings. The summed E-state index contributed by atoms with van der Waals surface area (Å²) in [6.07, 6.45) is 1.06. The van der Waals surface area contributed by atoms with Gasteiger partial charge in [-0.2, -0.15) is 0 Å². The Morgan fingerprint density at radius 1 is 1.50 bits per heavy atom. The lowest BCUT2D eigenvalue weighted by Crippen LogP contribution is -2.37. The maximum Gasteiger partial charge on any atom is 0.329 e. The van der Waals surface area contributed by atoms with Gasteiger partial charge >= 0.3 is 5.69 Å². The molecule has 0 spiro atoms. The molecule has 4 nitrogen and oxygen atoms in total. The summed E-state index contributed by atoms with van der Waals surface area (Å²) in [4.78, 5) is 25.9. The third kappa shape index (κ3) is 1.82. The van der Waals surface area contributed by atoms with Crippen molar-refractivity contribution in [2.75, 3.05) is 0 Å². The van der Waals surface area contributed by atoms with Gasteiger partial charge in [-0.1, -0.05) is 25.4 Å². The Kier molecular flexibility index (Phi) is 2.49. The van der Waals surface area contributed by atoms with Gasteiger partial charge in [0.05, 0.1) is 0 Å². The Hall–Kier alpha value is -1.03. The first-order valence-corrected chi connectivity index (χ1v) is 5.70. The largest absolute Gasteiger partial charge is 0.329 e. The molecule has 1 aromatic heterocycles. The minimum atomic E-state index is -0.414. The van der Waals surface area contributed by atoms with Crippen LogP contribution >= 0.6 is 11.6 Å². The minimum Gasteiger partial charge on any atom is -0.297 e. The van der Waals surface area contributed by atoms with Crippen LogP contribution in [-0.2, 0) is 6.54 Å². The van der Waals surface area contributed by atoms with Crippen molar-refractivity contribution in [3.8, 4) is 0 Å². The highest BCUT2D eigenvalue weighted by atomic mass is 35.5. The molecule has 1 unspecified atom stereocenters. The van der Waals surface area contributed by atoms with Gasteiger partial charge in [0.25, 0.3) is 5.56 Å². The monoisotopic (exact) mass is 242 g/mol. The molecule has 1 atom stereocenters. The van der Waals surface area contributed by atoms with Crippen LogP contribution in [0.25, 0.3) is 0 Å². The van der Waals surface area contributed by atoms with Crippen molar-refractivity contribution in [3.63, 3.8) is 0 Å². The molecule has 16 heavy (non-hydrogen) atoms. The Labute approximate surface area is 98.3 Å². The zero-order valence-corrected chi connectivity index (χ0v) is 10.4. The van der Waals surface area contributed by atoms with Crippen LogP contribution in [-0.4, -0.2) is 9.55 Å². The van der Waals surface area contributed by atoms with E-state index >= 15 is 0 Å². The summed E-state index contributed by atoms with van der Waals surface area (Å²) >= 11 is 5.73. The van der Waals surface area contributed by atoms with Crippen LogP contribution in [0.3, 0.4) is 0 Å². The Morgan fingerprint density at radius 3 is 2.56 bits per heavy atom. The lowest BCUT2D eigenvalue weighted by molar-refractivity contribution is 0.477. The molecule has 1 N–H and O–H groups in total. The van der Waals surface area contributed by atoms with Gasteiger partial charge in [-0.05, 0) is 24.7 Å². The number of hydrogen-bond donors (Lipinski definition) is 1. The molecule has 0 saturated heterocycles. The highest BCUT2D eigenvalue weighted by Gasteiger charge is 2.45. The van der Waals surface area contributed by atoms with Gasteiger partial charge in [0, 0.05) is 12.1 Å². The van der Waals surface area contributed by atoms with E-state index < -0.39 is 5.69 Å². The van der Waals surface area contributed by atoms with Crippen molar-refractivity contribution in [2.24, 2.45) is 11.3 Å². The molecule has 1 fully saturated rings. The minimum absolute atomic E-state index is 0.140. The predicted octanol–water partition coefficient (Wildman–Crippen LogP) is 1.54. The lowest BCUT2D eigenvalue weighted by Gasteiger charge is -2.07. The van der Waals surface area contributed by atoms with Crippen molar-refractivity contribution in [2.45, 2.75) is 33.7 Å². The van der Waals surface area contributed by atoms with E-state index in [9.17, 15) is 9.59 Å². The Balaban J connectivity index is 2.39. The maximum atomic E-state index is 11.8. The number of H-pyrrole nitrogens is 1. The number of halogens is 1. The lowest BCUT2D eigenvalue weighted by atomic mass is 10.1. The molecule has 0 aliphatic heterocycles. The topological polar surface area (TPSA) is 54.9 Å². The quantitative estimate of drug-likeness (QED) is 0.800. The fourth-order valence-electron chi connectivity index (χ4n) is 1.92. The summed E-state index contributed by atoms with van der Waals surface area (Å²) in [5.74, 6) is 0.409. The summed E-state index contributed by atoms with van der Waals surface area (Å²) < 4.78 is 1.25. The zero-order chi connectivity index (χ0) is 12.1. The van der Waals surface area contributed by atoms with Gasteiger partial charge < -0.3 is 0 Å². The third-order valence-corrected chi connectivity index (χ3v) is 3.86. The van der Waals surface area contributed by atoms with Crippen LogP contribution in [0, 0.1) is 18.3 Å². The van der Waals surface area contributed by atoms with Crippen LogP contribution in [0.5, 0.6) is 0 Å². The first-order valence-electron chi connectivity index (χ1n) is 5.32. The van der Waals surface area contributed by atoms with E-state index in [0.29, 0.717) is 18.0 Å². The van der Waals surface area contributed by atoms with Crippen molar-refractivity contribution < 1.29 is 0 Å². The van der Waals surface area contributed by atoms with E-state index in [0.717, 1.165) is 6.42 Å². The number of hydrogen-bond acceptors (Lipinski definition) is 2. The molecule has 0 amide bonds. The Bertz CT molecular complexity index is 542. The van der Waals surface area contributed by atoms with Gasteiger partial charge in [0.1, 0.15) is 5.15 Å². The molecule has 5 heteroatoms. The molecular formula is C11H15ClN2O2. The van der Waals surface area contributed by atoms with Gasteiger partial charge in [0.15, 0.2) is 0 Å². The highest BCUT2D eigenvalue weighted by molar-refractivity contribution is 6.30. The third-order valence-electron chi connectivity index (χ3n) is 3.48. The van der Waals surface area contributed by atoms with Crippen molar-refractivity contribution in [1.82, 2.24) is 9.55 Å². The second-order valence-corrected chi connectivity index (χ2v) is 5.55. The van der Waals surface area contributed by atoms with Crippen molar-refractivity contribution in [1.29, 1.82) is 0 Å². The van der Waals surface area contributed by atoms with Crippen LogP contribution in [0.15, 0.2) is 9.59 Å². The second-order valence-electron chi connectivity index (χ2n) is 5.17. The van der Waals surface area contributed by atoms with Crippen LogP contribution in [0.4, 0.5) is 0 Å². The zero-order valence-electron chi connectivity index (χ0n) is 9.63. The number of rotatable bonds is 2. The standard InChI is InChI=1S/C11H15ClN2O2/c1-6-8(12)13-10(16)14(9(6)15)5-7-4-11(7,2)3/h7H,4-5H2,1-3H3,(H,13,16). The van der Waals surface area contributed by atoms with Crippen molar-refractivity contribution in [3.05, 3.63) is 31.6 Å². The summed E-state index contributed by atoms with van der Waals surface area (Å²) in [6, 6.07) is 0. The summed E-state index contributed by atoms with van der Waals surface area (Å²) in [5.41, 5.74) is -0.0427. The fraction of sp³-hybridized carbons (Fsp3) is 0.636. The van der Waals surface area contributed by atoms with E-state index in [4.69, 9.17) is 11.6 Å². The van der Waals surface area contributed by atoms with E-state index in [1.807, 2.05) is 0 Å². The molecular weight excluding hydrogens is 228 g/mol. The van der Waals surface area contributed by atoms with Gasteiger partial charge in [0.2, 0.25) is 0 Å². The number of nitrogens with zero attached hydrogens (tertiary/aromatic N) is 1. The van der Waals surface area contributed by atoms with E-state index in [1.165, 1.54) is 4.57 Å². The van der Waals surface area contributed by atoms with Crippen molar-refractivity contribution >= 4 is 11.6 Å². The fourth-order valence-corrected chi connectivity index (χ4v) is 2.08. The normalized spacial score (nSPS) is 22.1. The van der Waals surface area contributed by atoms with Crippen LogP contribution in [0.2, 0.25) is 5.15 Å².